The van der Waals surface area contributed by atoms with Crippen LogP contribution in [0.15, 0.2) is 60.8 Å². The summed E-state index contributed by atoms with van der Waals surface area (Å²) in [5.74, 6) is -0.550. The number of alkyl halides is 3. The topological polar surface area (TPSA) is 90.7 Å². The van der Waals surface area contributed by atoms with Gasteiger partial charge in [0.05, 0.1) is 17.2 Å². The predicted molar refractivity (Wildman–Crippen MR) is 95.9 cm³/mol. The average Bonchev–Trinajstić information content (AvgIpc) is 2.68. The van der Waals surface area contributed by atoms with Gasteiger partial charge in [0.25, 0.3) is 5.91 Å². The number of hydrogen-bond donors (Lipinski definition) is 2. The summed E-state index contributed by atoms with van der Waals surface area (Å²) in [5, 5.41) is 14.1. The van der Waals surface area contributed by atoms with Crippen molar-refractivity contribution < 1.29 is 18.0 Å². The van der Waals surface area contributed by atoms with E-state index in [9.17, 15) is 18.0 Å². The number of hydrogen-bond acceptors (Lipinski definition) is 5. The average molecular weight is 383 g/mol. The van der Waals surface area contributed by atoms with Crippen LogP contribution in [0.2, 0.25) is 0 Å². The number of amides is 1. The summed E-state index contributed by atoms with van der Waals surface area (Å²) in [6.45, 7) is 0. The fraction of sp³-hybridized carbons (Fsp3) is 0.0526. The van der Waals surface area contributed by atoms with Crippen molar-refractivity contribution in [3.63, 3.8) is 0 Å². The zero-order valence-electron chi connectivity index (χ0n) is 14.2. The van der Waals surface area contributed by atoms with Gasteiger partial charge in [0.1, 0.15) is 5.69 Å². The van der Waals surface area contributed by atoms with E-state index in [1.807, 2.05) is 6.07 Å². The van der Waals surface area contributed by atoms with E-state index in [4.69, 9.17) is 5.26 Å². The first-order valence-electron chi connectivity index (χ1n) is 7.94. The lowest BCUT2D eigenvalue weighted by molar-refractivity contribution is -0.137. The molecule has 0 fully saturated rings. The molecule has 0 unspecified atom stereocenters. The van der Waals surface area contributed by atoms with Crippen molar-refractivity contribution in [2.45, 2.75) is 6.18 Å². The van der Waals surface area contributed by atoms with Gasteiger partial charge < -0.3 is 10.6 Å². The molecule has 140 valence electrons. The van der Waals surface area contributed by atoms with Crippen LogP contribution in [-0.2, 0) is 6.18 Å². The van der Waals surface area contributed by atoms with Gasteiger partial charge >= 0.3 is 6.18 Å². The molecule has 0 saturated carbocycles. The molecule has 0 aliphatic heterocycles. The summed E-state index contributed by atoms with van der Waals surface area (Å²) < 4.78 is 38.3. The number of benzene rings is 2. The van der Waals surface area contributed by atoms with Crippen LogP contribution in [0.25, 0.3) is 0 Å². The highest BCUT2D eigenvalue weighted by Gasteiger charge is 2.30. The molecule has 0 radical (unpaired) electrons. The van der Waals surface area contributed by atoms with E-state index in [1.165, 1.54) is 24.4 Å². The van der Waals surface area contributed by atoms with E-state index in [0.29, 0.717) is 11.3 Å². The quantitative estimate of drug-likeness (QED) is 0.698. The number of aromatic nitrogens is 2. The number of halogens is 3. The number of rotatable bonds is 4. The third-order valence-corrected chi connectivity index (χ3v) is 3.61. The molecule has 2 aromatic carbocycles. The molecule has 6 nitrogen and oxygen atoms in total. The van der Waals surface area contributed by atoms with E-state index in [2.05, 4.69) is 20.6 Å². The standard InChI is InChI=1S/C19H12F3N5O/c20-19(21,22)13-2-1-3-15(10-13)25-17(28)16-8-9-24-18(27-16)26-14-6-4-12(11-23)5-7-14/h1-10H,(H,25,28)(H,24,26,27). The smallest absolute Gasteiger partial charge is 0.324 e. The van der Waals surface area contributed by atoms with E-state index >= 15 is 0 Å². The molecular weight excluding hydrogens is 371 g/mol. The van der Waals surface area contributed by atoms with Crippen LogP contribution in [-0.4, -0.2) is 15.9 Å². The highest BCUT2D eigenvalue weighted by molar-refractivity contribution is 6.03. The lowest BCUT2D eigenvalue weighted by Crippen LogP contribution is -2.15. The molecule has 1 amide bonds. The number of carbonyl (C=O) groups is 1. The third kappa shape index (κ3) is 4.62. The molecule has 0 bridgehead atoms. The summed E-state index contributed by atoms with van der Waals surface area (Å²) in [5.41, 5.74) is 0.204. The summed E-state index contributed by atoms with van der Waals surface area (Å²) in [4.78, 5) is 20.4. The number of anilines is 3. The van der Waals surface area contributed by atoms with Gasteiger partial charge in [0.15, 0.2) is 0 Å². The van der Waals surface area contributed by atoms with Crippen molar-refractivity contribution in [2.75, 3.05) is 10.6 Å². The minimum absolute atomic E-state index is 0.0000358. The van der Waals surface area contributed by atoms with Gasteiger partial charge in [-0.3, -0.25) is 4.79 Å². The molecular formula is C19H12F3N5O. The Morgan fingerprint density at radius 3 is 2.46 bits per heavy atom. The van der Waals surface area contributed by atoms with Crippen LogP contribution in [0.3, 0.4) is 0 Å². The second-order valence-corrected chi connectivity index (χ2v) is 5.61. The molecule has 1 heterocycles. The Labute approximate surface area is 157 Å². The molecule has 0 atom stereocenters. The highest BCUT2D eigenvalue weighted by atomic mass is 19.4. The van der Waals surface area contributed by atoms with Crippen LogP contribution in [0, 0.1) is 11.3 Å². The normalized spacial score (nSPS) is 10.8. The zero-order chi connectivity index (χ0) is 20.1. The fourth-order valence-corrected chi connectivity index (χ4v) is 2.27. The van der Waals surface area contributed by atoms with Crippen LogP contribution >= 0.6 is 0 Å². The molecule has 1 aromatic heterocycles. The van der Waals surface area contributed by atoms with Gasteiger partial charge in [-0.05, 0) is 48.5 Å². The van der Waals surface area contributed by atoms with Crippen molar-refractivity contribution in [1.29, 1.82) is 5.26 Å². The lowest BCUT2D eigenvalue weighted by atomic mass is 10.2. The lowest BCUT2D eigenvalue weighted by Gasteiger charge is -2.10. The Kier molecular flexibility index (Phi) is 5.22. The van der Waals surface area contributed by atoms with E-state index < -0.39 is 17.6 Å². The third-order valence-electron chi connectivity index (χ3n) is 3.61. The van der Waals surface area contributed by atoms with E-state index in [1.54, 1.807) is 24.3 Å². The van der Waals surface area contributed by atoms with Gasteiger partial charge in [0.2, 0.25) is 5.95 Å². The molecule has 3 rings (SSSR count). The molecule has 9 heteroatoms. The van der Waals surface area contributed by atoms with Crippen LogP contribution < -0.4 is 10.6 Å². The minimum Gasteiger partial charge on any atom is -0.324 e. The molecule has 0 spiro atoms. The molecule has 3 aromatic rings. The fourth-order valence-electron chi connectivity index (χ4n) is 2.27. The predicted octanol–water partition coefficient (Wildman–Crippen LogP) is 4.36. The number of carbonyl (C=O) groups excluding carboxylic acids is 1. The van der Waals surface area contributed by atoms with Crippen molar-refractivity contribution in [3.05, 3.63) is 77.6 Å². The zero-order valence-corrected chi connectivity index (χ0v) is 14.2. The monoisotopic (exact) mass is 383 g/mol. The maximum absolute atomic E-state index is 12.8. The Bertz CT molecular complexity index is 1040. The van der Waals surface area contributed by atoms with Crippen LogP contribution in [0.1, 0.15) is 21.6 Å². The van der Waals surface area contributed by atoms with Gasteiger partial charge in [-0.2, -0.15) is 18.4 Å². The molecule has 0 aliphatic carbocycles. The van der Waals surface area contributed by atoms with Crippen molar-refractivity contribution in [1.82, 2.24) is 9.97 Å². The van der Waals surface area contributed by atoms with Crippen molar-refractivity contribution in [2.24, 2.45) is 0 Å². The van der Waals surface area contributed by atoms with Gasteiger partial charge in [0, 0.05) is 17.6 Å². The van der Waals surface area contributed by atoms with Crippen LogP contribution in [0.4, 0.5) is 30.5 Å². The first-order valence-corrected chi connectivity index (χ1v) is 7.94. The first-order chi connectivity index (χ1) is 13.3. The van der Waals surface area contributed by atoms with Gasteiger partial charge in [-0.25, -0.2) is 9.97 Å². The minimum atomic E-state index is -4.51. The van der Waals surface area contributed by atoms with E-state index in [0.717, 1.165) is 12.1 Å². The number of nitrogens with zero attached hydrogens (tertiary/aromatic N) is 3. The Balaban J connectivity index is 1.74. The molecule has 28 heavy (non-hydrogen) atoms. The number of nitrogens with one attached hydrogen (secondary N) is 2. The van der Waals surface area contributed by atoms with E-state index in [-0.39, 0.29) is 17.3 Å². The molecule has 0 aliphatic rings. The summed E-state index contributed by atoms with van der Waals surface area (Å²) in [6, 6.07) is 14.2. The summed E-state index contributed by atoms with van der Waals surface area (Å²) >= 11 is 0. The van der Waals surface area contributed by atoms with Gasteiger partial charge in [-0.1, -0.05) is 6.07 Å². The van der Waals surface area contributed by atoms with Crippen molar-refractivity contribution >= 4 is 23.2 Å². The maximum atomic E-state index is 12.8. The SMILES string of the molecule is N#Cc1ccc(Nc2nccc(C(=O)Nc3cccc(C(F)(F)F)c3)n2)cc1. The first kappa shape index (κ1) is 18.8. The Hall–Kier alpha value is -3.93. The summed E-state index contributed by atoms with van der Waals surface area (Å²) in [6.07, 6.45) is -3.16. The molecule has 0 saturated heterocycles. The van der Waals surface area contributed by atoms with Gasteiger partial charge in [-0.15, -0.1) is 0 Å². The second-order valence-electron chi connectivity index (χ2n) is 5.61. The molecule has 2 N–H and O–H groups in total. The Morgan fingerprint density at radius 2 is 1.79 bits per heavy atom. The summed E-state index contributed by atoms with van der Waals surface area (Å²) in [7, 11) is 0. The van der Waals surface area contributed by atoms with Crippen LogP contribution in [0.5, 0.6) is 0 Å². The highest BCUT2D eigenvalue weighted by Crippen LogP contribution is 2.30. The number of nitriles is 1. The van der Waals surface area contributed by atoms with Crippen molar-refractivity contribution in [3.8, 4) is 6.07 Å². The second kappa shape index (κ2) is 7.75. The Morgan fingerprint density at radius 1 is 1.04 bits per heavy atom. The largest absolute Gasteiger partial charge is 0.416 e. The maximum Gasteiger partial charge on any atom is 0.416 e.